The molecule has 1 N–H and O–H groups in total. The lowest BCUT2D eigenvalue weighted by Crippen LogP contribution is -2.50. The number of fused-ring (bicyclic) bond motifs is 2. The number of H-pyrrole nitrogens is 1. The number of morpholine rings is 2. The van der Waals surface area contributed by atoms with E-state index in [-0.39, 0.29) is 18.2 Å². The van der Waals surface area contributed by atoms with Gasteiger partial charge in [-0.15, -0.1) is 0 Å². The molecule has 2 aromatic heterocycles. The molecule has 6 rings (SSSR count). The lowest BCUT2D eigenvalue weighted by Gasteiger charge is -2.40. The number of rotatable bonds is 3. The Kier molecular flexibility index (Phi) is 7.85. The maximum Gasteiger partial charge on any atom is 0.410 e. The van der Waals surface area contributed by atoms with E-state index in [2.05, 4.69) is 30.1 Å². The predicted molar refractivity (Wildman–Crippen MR) is 159 cm³/mol. The summed E-state index contributed by atoms with van der Waals surface area (Å²) in [4.78, 5) is 40.5. The van der Waals surface area contributed by atoms with Crippen molar-refractivity contribution in [1.82, 2.24) is 24.7 Å². The van der Waals surface area contributed by atoms with E-state index in [1.807, 2.05) is 43.0 Å². The highest BCUT2D eigenvalue weighted by Crippen LogP contribution is 2.37. The van der Waals surface area contributed by atoms with Crippen LogP contribution in [-0.4, -0.2) is 95.0 Å². The van der Waals surface area contributed by atoms with E-state index in [9.17, 15) is 9.59 Å². The van der Waals surface area contributed by atoms with Crippen LogP contribution in [0.25, 0.3) is 22.2 Å². The number of aromatic amines is 1. The smallest absolute Gasteiger partial charge is 0.410 e. The molecule has 0 saturated carbocycles. The van der Waals surface area contributed by atoms with Crippen LogP contribution in [0.5, 0.6) is 0 Å². The molecule has 10 heteroatoms. The Balaban J connectivity index is 1.42. The number of hydrogen-bond acceptors (Lipinski definition) is 6. The van der Waals surface area contributed by atoms with Crippen molar-refractivity contribution in [2.75, 3.05) is 52.6 Å². The number of carbonyl (C=O) groups excluding carboxylic acids is 2. The number of urea groups is 1. The van der Waals surface area contributed by atoms with E-state index < -0.39 is 5.60 Å². The van der Waals surface area contributed by atoms with Crippen molar-refractivity contribution in [3.05, 3.63) is 52.8 Å². The van der Waals surface area contributed by atoms with Crippen molar-refractivity contribution < 1.29 is 23.8 Å². The monoisotopic (exact) mass is 575 g/mol. The van der Waals surface area contributed by atoms with Crippen LogP contribution >= 0.6 is 0 Å². The lowest BCUT2D eigenvalue weighted by molar-refractivity contribution is -0.0334. The van der Waals surface area contributed by atoms with Crippen LogP contribution < -0.4 is 0 Å². The van der Waals surface area contributed by atoms with Crippen LogP contribution in [0.15, 0.2) is 30.6 Å². The molecular formula is C32H41N5O5. The molecule has 0 bridgehead atoms. The number of aromatic nitrogens is 2. The zero-order valence-corrected chi connectivity index (χ0v) is 25.1. The largest absolute Gasteiger partial charge is 0.444 e. The van der Waals surface area contributed by atoms with Crippen molar-refractivity contribution in [2.45, 2.75) is 58.7 Å². The molecule has 3 aliphatic rings. The number of amides is 3. The van der Waals surface area contributed by atoms with Gasteiger partial charge in [0.2, 0.25) is 0 Å². The molecular weight excluding hydrogens is 534 g/mol. The Morgan fingerprint density at radius 2 is 1.81 bits per heavy atom. The molecule has 1 unspecified atom stereocenters. The van der Waals surface area contributed by atoms with Crippen molar-refractivity contribution in [1.29, 1.82) is 0 Å². The lowest BCUT2D eigenvalue weighted by atomic mass is 9.87. The van der Waals surface area contributed by atoms with Crippen LogP contribution in [0.1, 0.15) is 56.0 Å². The number of benzene rings is 1. The van der Waals surface area contributed by atoms with Crippen LogP contribution in [0.3, 0.4) is 0 Å². The fraction of sp³-hybridized carbons (Fsp3) is 0.531. The maximum absolute atomic E-state index is 13.5. The first-order valence-corrected chi connectivity index (χ1v) is 15.0. The van der Waals surface area contributed by atoms with Gasteiger partial charge in [0.05, 0.1) is 32.5 Å². The fourth-order valence-electron chi connectivity index (χ4n) is 6.19. The Morgan fingerprint density at radius 3 is 2.57 bits per heavy atom. The first-order valence-electron chi connectivity index (χ1n) is 15.0. The normalized spacial score (nSPS) is 19.6. The van der Waals surface area contributed by atoms with Crippen molar-refractivity contribution in [3.8, 4) is 11.1 Å². The molecule has 3 aliphatic heterocycles. The zero-order valence-electron chi connectivity index (χ0n) is 25.1. The van der Waals surface area contributed by atoms with Gasteiger partial charge in [-0.05, 0) is 73.6 Å². The quantitative estimate of drug-likeness (QED) is 0.476. The van der Waals surface area contributed by atoms with E-state index in [0.29, 0.717) is 59.2 Å². The third kappa shape index (κ3) is 5.70. The Hall–Kier alpha value is -3.63. The van der Waals surface area contributed by atoms with Crippen LogP contribution in [-0.2, 0) is 33.6 Å². The highest BCUT2D eigenvalue weighted by Gasteiger charge is 2.36. The number of pyridine rings is 1. The second-order valence-electron chi connectivity index (χ2n) is 12.3. The second kappa shape index (κ2) is 11.6. The molecule has 3 amide bonds. The molecule has 0 radical (unpaired) electrons. The Bertz CT molecular complexity index is 1470. The topological polar surface area (TPSA) is 100 Å². The predicted octanol–water partition coefficient (Wildman–Crippen LogP) is 4.91. The third-order valence-electron chi connectivity index (χ3n) is 8.38. The minimum absolute atomic E-state index is 0.0390. The number of carbonyl (C=O) groups is 2. The van der Waals surface area contributed by atoms with E-state index in [4.69, 9.17) is 19.2 Å². The number of ether oxygens (including phenoxy) is 3. The van der Waals surface area contributed by atoms with Crippen molar-refractivity contribution >= 4 is 23.2 Å². The number of hydrogen-bond donors (Lipinski definition) is 1. The summed E-state index contributed by atoms with van der Waals surface area (Å²) in [6.45, 7) is 12.5. The molecule has 10 nitrogen and oxygen atoms in total. The van der Waals surface area contributed by atoms with Crippen LogP contribution in [0.2, 0.25) is 0 Å². The summed E-state index contributed by atoms with van der Waals surface area (Å²) in [5.41, 5.74) is 6.83. The van der Waals surface area contributed by atoms with Gasteiger partial charge in [0.25, 0.3) is 0 Å². The molecule has 224 valence electrons. The number of aryl methyl sites for hydroxylation is 1. The summed E-state index contributed by atoms with van der Waals surface area (Å²) in [6.07, 6.45) is 5.22. The standard InChI is InChI=1S/C32H41N5O5/c1-5-21-17-33-29-25(21)16-24(18-34-29)23-14-22-6-7-36(30(38)35-8-11-40-12-9-35)19-27(22)26(15-23)28-20-41-13-10-37(28)31(39)42-32(2,3)4/h14-18,28H,5-13,19-20H2,1-4H3,(H,33,34). The van der Waals surface area contributed by atoms with E-state index >= 15 is 0 Å². The molecule has 42 heavy (non-hydrogen) atoms. The van der Waals surface area contributed by atoms with Crippen LogP contribution in [0, 0.1) is 0 Å². The van der Waals surface area contributed by atoms with Gasteiger partial charge in [-0.25, -0.2) is 14.6 Å². The van der Waals surface area contributed by atoms with E-state index in [1.165, 1.54) is 11.1 Å². The van der Waals surface area contributed by atoms with Gasteiger partial charge in [-0.3, -0.25) is 4.90 Å². The average molecular weight is 576 g/mol. The molecule has 2 saturated heterocycles. The molecule has 0 spiro atoms. The summed E-state index contributed by atoms with van der Waals surface area (Å²) in [5, 5.41) is 1.12. The first kappa shape index (κ1) is 28.5. The molecule has 1 aromatic carbocycles. The van der Waals surface area contributed by atoms with Gasteiger partial charge in [0, 0.05) is 56.1 Å². The maximum atomic E-state index is 13.5. The van der Waals surface area contributed by atoms with Gasteiger partial charge in [0.15, 0.2) is 0 Å². The fourth-order valence-corrected chi connectivity index (χ4v) is 6.19. The summed E-state index contributed by atoms with van der Waals surface area (Å²) >= 11 is 0. The average Bonchev–Trinajstić information content (AvgIpc) is 3.42. The SMILES string of the molecule is CCc1c[nH]c2ncc(-c3cc4c(c(C5COCCN5C(=O)OC(C)(C)C)c3)CN(C(=O)N3CCOCC3)CC4)cc12. The number of nitrogens with one attached hydrogen (secondary N) is 1. The van der Waals surface area contributed by atoms with E-state index in [1.54, 1.807) is 4.90 Å². The van der Waals surface area contributed by atoms with Crippen molar-refractivity contribution in [2.24, 2.45) is 0 Å². The molecule has 3 aromatic rings. The van der Waals surface area contributed by atoms with Gasteiger partial charge in [0.1, 0.15) is 11.2 Å². The minimum Gasteiger partial charge on any atom is -0.444 e. The number of nitrogens with zero attached hydrogens (tertiary/aromatic N) is 4. The van der Waals surface area contributed by atoms with Crippen molar-refractivity contribution in [3.63, 3.8) is 0 Å². The van der Waals surface area contributed by atoms with Gasteiger partial charge in [-0.1, -0.05) is 13.0 Å². The first-order chi connectivity index (χ1) is 20.2. The van der Waals surface area contributed by atoms with Gasteiger partial charge in [-0.2, -0.15) is 0 Å². The summed E-state index contributed by atoms with van der Waals surface area (Å²) in [6, 6.07) is 6.30. The van der Waals surface area contributed by atoms with Gasteiger partial charge < -0.3 is 29.0 Å². The van der Waals surface area contributed by atoms with Gasteiger partial charge >= 0.3 is 12.1 Å². The second-order valence-corrected chi connectivity index (χ2v) is 12.3. The molecule has 1 atom stereocenters. The summed E-state index contributed by atoms with van der Waals surface area (Å²) in [7, 11) is 0. The van der Waals surface area contributed by atoms with E-state index in [0.717, 1.165) is 46.1 Å². The highest BCUT2D eigenvalue weighted by molar-refractivity contribution is 5.85. The summed E-state index contributed by atoms with van der Waals surface area (Å²) < 4.78 is 17.3. The zero-order chi connectivity index (χ0) is 29.4. The highest BCUT2D eigenvalue weighted by atomic mass is 16.6. The van der Waals surface area contributed by atoms with Crippen LogP contribution in [0.4, 0.5) is 9.59 Å². The Labute approximate surface area is 246 Å². The molecule has 5 heterocycles. The molecule has 0 aliphatic carbocycles. The molecule has 2 fully saturated rings. The minimum atomic E-state index is -0.614. The Morgan fingerprint density at radius 1 is 1.02 bits per heavy atom. The summed E-state index contributed by atoms with van der Waals surface area (Å²) in [5.74, 6) is 0. The third-order valence-corrected chi connectivity index (χ3v) is 8.38.